The Kier molecular flexibility index (Phi) is 3.82. The summed E-state index contributed by atoms with van der Waals surface area (Å²) in [6.07, 6.45) is 5.27. The van der Waals surface area contributed by atoms with E-state index in [0.29, 0.717) is 17.9 Å². The van der Waals surface area contributed by atoms with Crippen molar-refractivity contribution in [3.8, 4) is 0 Å². The maximum atomic E-state index is 12.7. The molecule has 24 heavy (non-hydrogen) atoms. The molecule has 4 heteroatoms. The fourth-order valence-corrected chi connectivity index (χ4v) is 4.76. The van der Waals surface area contributed by atoms with Gasteiger partial charge in [-0.25, -0.2) is 13.1 Å². The van der Waals surface area contributed by atoms with E-state index in [1.165, 1.54) is 11.1 Å². The standard InChI is InChI=1S/C20H21NO2S/c22-24(23,19-11-10-16-6-4-5-7-17(16)14-19)21-15-20(12-13-20)18-8-2-1-3-9-18/h1-9,14,21H,10-13,15H2. The summed E-state index contributed by atoms with van der Waals surface area (Å²) in [4.78, 5) is 0.505. The van der Waals surface area contributed by atoms with Crippen molar-refractivity contribution in [2.45, 2.75) is 31.1 Å². The van der Waals surface area contributed by atoms with Crippen molar-refractivity contribution < 1.29 is 8.42 Å². The molecule has 1 N–H and O–H groups in total. The molecular formula is C20H21NO2S. The van der Waals surface area contributed by atoms with Crippen molar-refractivity contribution in [3.05, 3.63) is 76.2 Å². The van der Waals surface area contributed by atoms with Gasteiger partial charge >= 0.3 is 0 Å². The average molecular weight is 339 g/mol. The number of hydrogen-bond acceptors (Lipinski definition) is 2. The molecule has 0 radical (unpaired) electrons. The van der Waals surface area contributed by atoms with E-state index in [4.69, 9.17) is 0 Å². The van der Waals surface area contributed by atoms with E-state index in [0.717, 1.165) is 24.8 Å². The maximum absolute atomic E-state index is 12.7. The molecule has 0 heterocycles. The van der Waals surface area contributed by atoms with Crippen LogP contribution in [0.25, 0.3) is 6.08 Å². The number of aryl methyl sites for hydroxylation is 1. The summed E-state index contributed by atoms with van der Waals surface area (Å²) >= 11 is 0. The van der Waals surface area contributed by atoms with Crippen LogP contribution in [0.1, 0.15) is 36.0 Å². The zero-order chi connectivity index (χ0) is 16.6. The summed E-state index contributed by atoms with van der Waals surface area (Å²) in [6, 6.07) is 18.2. The molecule has 0 aliphatic heterocycles. The highest BCUT2D eigenvalue weighted by Gasteiger charge is 2.44. The lowest BCUT2D eigenvalue weighted by atomic mass is 9.96. The third-order valence-corrected chi connectivity index (χ3v) is 6.73. The van der Waals surface area contributed by atoms with Gasteiger partial charge in [0.1, 0.15) is 0 Å². The van der Waals surface area contributed by atoms with E-state index in [1.807, 2.05) is 42.5 Å². The molecule has 0 amide bonds. The van der Waals surface area contributed by atoms with Gasteiger partial charge in [-0.3, -0.25) is 0 Å². The number of nitrogens with one attached hydrogen (secondary N) is 1. The molecule has 2 aliphatic rings. The lowest BCUT2D eigenvalue weighted by molar-refractivity contribution is 0.571. The van der Waals surface area contributed by atoms with E-state index in [9.17, 15) is 8.42 Å². The van der Waals surface area contributed by atoms with Crippen LogP contribution in [0.15, 0.2) is 59.5 Å². The van der Waals surface area contributed by atoms with E-state index in [1.54, 1.807) is 0 Å². The van der Waals surface area contributed by atoms with E-state index >= 15 is 0 Å². The van der Waals surface area contributed by atoms with Crippen molar-refractivity contribution in [1.82, 2.24) is 4.72 Å². The average Bonchev–Trinajstić information content (AvgIpc) is 3.42. The van der Waals surface area contributed by atoms with Gasteiger partial charge in [-0.15, -0.1) is 0 Å². The number of rotatable bonds is 5. The van der Waals surface area contributed by atoms with Gasteiger partial charge in [0.25, 0.3) is 0 Å². The maximum Gasteiger partial charge on any atom is 0.236 e. The molecular weight excluding hydrogens is 318 g/mol. The summed E-state index contributed by atoms with van der Waals surface area (Å²) < 4.78 is 28.3. The number of fused-ring (bicyclic) bond motifs is 1. The first-order valence-electron chi connectivity index (χ1n) is 8.43. The van der Waals surface area contributed by atoms with E-state index in [-0.39, 0.29) is 5.41 Å². The molecule has 1 saturated carbocycles. The fraction of sp³-hybridized carbons (Fsp3) is 0.300. The van der Waals surface area contributed by atoms with Crippen molar-refractivity contribution >= 4 is 16.1 Å². The molecule has 0 saturated heterocycles. The molecule has 1 fully saturated rings. The quantitative estimate of drug-likeness (QED) is 0.904. The number of sulfonamides is 1. The third kappa shape index (κ3) is 2.92. The molecule has 0 spiro atoms. The second-order valence-corrected chi connectivity index (χ2v) is 8.60. The molecule has 0 aromatic heterocycles. The topological polar surface area (TPSA) is 46.2 Å². The zero-order valence-electron chi connectivity index (χ0n) is 13.5. The Morgan fingerprint density at radius 2 is 1.62 bits per heavy atom. The smallest absolute Gasteiger partial charge is 0.211 e. The third-order valence-electron chi connectivity index (χ3n) is 5.20. The minimum absolute atomic E-state index is 0.0124. The highest BCUT2D eigenvalue weighted by atomic mass is 32.2. The predicted molar refractivity (Wildman–Crippen MR) is 97.0 cm³/mol. The molecule has 2 aromatic rings. The lowest BCUT2D eigenvalue weighted by Gasteiger charge is -2.20. The molecule has 124 valence electrons. The highest BCUT2D eigenvalue weighted by Crippen LogP contribution is 2.47. The molecule has 4 rings (SSSR count). The fourth-order valence-electron chi connectivity index (χ4n) is 3.45. The molecule has 3 nitrogen and oxygen atoms in total. The molecule has 0 unspecified atom stereocenters. The van der Waals surface area contributed by atoms with Crippen LogP contribution in [0.3, 0.4) is 0 Å². The van der Waals surface area contributed by atoms with Crippen molar-refractivity contribution in [2.75, 3.05) is 6.54 Å². The Balaban J connectivity index is 1.52. The van der Waals surface area contributed by atoms with E-state index in [2.05, 4.69) is 22.9 Å². The first-order valence-corrected chi connectivity index (χ1v) is 9.91. The Labute approximate surface area is 143 Å². The predicted octanol–water partition coefficient (Wildman–Crippen LogP) is 3.62. The van der Waals surface area contributed by atoms with Gasteiger partial charge in [-0.1, -0.05) is 54.6 Å². The SMILES string of the molecule is O=S(=O)(NCC1(c2ccccc2)CC1)C1=Cc2ccccc2CC1. The van der Waals surface area contributed by atoms with Crippen LogP contribution in [-0.4, -0.2) is 15.0 Å². The van der Waals surface area contributed by atoms with Gasteiger partial charge in [-0.05, 0) is 48.4 Å². The van der Waals surface area contributed by atoms with Crippen LogP contribution in [0.2, 0.25) is 0 Å². The van der Waals surface area contributed by atoms with Crippen LogP contribution in [0.5, 0.6) is 0 Å². The Hall–Kier alpha value is -1.91. The lowest BCUT2D eigenvalue weighted by Crippen LogP contribution is -2.33. The monoisotopic (exact) mass is 339 g/mol. The van der Waals surface area contributed by atoms with Gasteiger partial charge in [0.05, 0.1) is 4.91 Å². The number of allylic oxidation sites excluding steroid dienone is 1. The van der Waals surface area contributed by atoms with Crippen molar-refractivity contribution in [1.29, 1.82) is 0 Å². The number of benzene rings is 2. The first-order chi connectivity index (χ1) is 11.6. The Morgan fingerprint density at radius 1 is 0.917 bits per heavy atom. The molecule has 2 aromatic carbocycles. The van der Waals surface area contributed by atoms with Crippen LogP contribution >= 0.6 is 0 Å². The van der Waals surface area contributed by atoms with Crippen LogP contribution in [0, 0.1) is 0 Å². The van der Waals surface area contributed by atoms with Crippen LogP contribution in [0.4, 0.5) is 0 Å². The summed E-state index contributed by atoms with van der Waals surface area (Å²) in [7, 11) is -3.42. The van der Waals surface area contributed by atoms with Gasteiger partial charge < -0.3 is 0 Å². The molecule has 2 aliphatic carbocycles. The summed E-state index contributed by atoms with van der Waals surface area (Å²) in [5.74, 6) is 0. The second kappa shape index (κ2) is 5.87. The van der Waals surface area contributed by atoms with Gasteiger partial charge in [0.2, 0.25) is 10.0 Å². The van der Waals surface area contributed by atoms with Gasteiger partial charge in [0.15, 0.2) is 0 Å². The Bertz CT molecular complexity index is 881. The minimum Gasteiger partial charge on any atom is -0.211 e. The number of hydrogen-bond donors (Lipinski definition) is 1. The van der Waals surface area contributed by atoms with E-state index < -0.39 is 10.0 Å². The summed E-state index contributed by atoms with van der Waals surface area (Å²) in [5, 5.41) is 0. The highest BCUT2D eigenvalue weighted by molar-refractivity contribution is 7.93. The summed E-state index contributed by atoms with van der Waals surface area (Å²) in [6.45, 7) is 0.484. The van der Waals surface area contributed by atoms with Crippen LogP contribution in [-0.2, 0) is 21.9 Å². The minimum atomic E-state index is -3.42. The summed E-state index contributed by atoms with van der Waals surface area (Å²) in [5.41, 5.74) is 3.46. The largest absolute Gasteiger partial charge is 0.236 e. The van der Waals surface area contributed by atoms with Crippen LogP contribution < -0.4 is 4.72 Å². The molecule has 0 atom stereocenters. The second-order valence-electron chi connectivity index (χ2n) is 6.78. The first kappa shape index (κ1) is 15.6. The van der Waals surface area contributed by atoms with Crippen molar-refractivity contribution in [3.63, 3.8) is 0 Å². The van der Waals surface area contributed by atoms with Gasteiger partial charge in [0, 0.05) is 12.0 Å². The van der Waals surface area contributed by atoms with Gasteiger partial charge in [-0.2, -0.15) is 0 Å². The Morgan fingerprint density at radius 3 is 2.38 bits per heavy atom. The zero-order valence-corrected chi connectivity index (χ0v) is 14.4. The molecule has 0 bridgehead atoms. The van der Waals surface area contributed by atoms with Crippen molar-refractivity contribution in [2.24, 2.45) is 0 Å². The normalized spacial score (nSPS) is 18.6.